The third-order valence-electron chi connectivity index (χ3n) is 8.06. The van der Waals surface area contributed by atoms with Gasteiger partial charge < -0.3 is 30.7 Å². The number of carbonyl (C=O) groups excluding carboxylic acids is 2. The van der Waals surface area contributed by atoms with Gasteiger partial charge in [-0.05, 0) is 68.8 Å². The van der Waals surface area contributed by atoms with Crippen LogP contribution in [0.2, 0.25) is 5.02 Å². The molecule has 1 aliphatic carbocycles. The van der Waals surface area contributed by atoms with Crippen molar-refractivity contribution in [2.24, 2.45) is 11.8 Å². The number of likely N-dealkylation sites (N-methyl/N-ethyl adjacent to an activating group) is 1. The van der Waals surface area contributed by atoms with Crippen molar-refractivity contribution in [1.82, 2.24) is 20.9 Å². The van der Waals surface area contributed by atoms with Crippen LogP contribution in [0.4, 0.5) is 14.0 Å². The maximum Gasteiger partial charge on any atom is 0.406 e. The molecule has 1 saturated heterocycles. The van der Waals surface area contributed by atoms with Crippen molar-refractivity contribution in [3.05, 3.63) is 34.6 Å². The highest BCUT2D eigenvalue weighted by Gasteiger charge is 2.42. The van der Waals surface area contributed by atoms with E-state index in [0.717, 1.165) is 12.8 Å². The molecule has 2 aliphatic rings. The lowest BCUT2D eigenvalue weighted by atomic mass is 9.74. The van der Waals surface area contributed by atoms with Gasteiger partial charge >= 0.3 is 12.1 Å². The molecule has 10 heteroatoms. The number of aliphatic hydroxyl groups is 1. The summed E-state index contributed by atoms with van der Waals surface area (Å²) in [5.41, 5.74) is -1.03. The van der Waals surface area contributed by atoms with E-state index in [1.165, 1.54) is 51.3 Å². The summed E-state index contributed by atoms with van der Waals surface area (Å²) in [6, 6.07) is 4.02. The number of piperidine rings is 1. The lowest BCUT2D eigenvalue weighted by Gasteiger charge is -2.43. The molecule has 0 radical (unpaired) electrons. The maximum atomic E-state index is 14.3. The fourth-order valence-electron chi connectivity index (χ4n) is 6.09. The number of rotatable bonds is 11. The number of benzene rings is 1. The first-order valence-corrected chi connectivity index (χ1v) is 14.3. The number of urea groups is 1. The van der Waals surface area contributed by atoms with Gasteiger partial charge in [0.1, 0.15) is 5.82 Å². The van der Waals surface area contributed by atoms with Crippen LogP contribution in [-0.4, -0.2) is 68.5 Å². The second-order valence-corrected chi connectivity index (χ2v) is 11.3. The Balaban J connectivity index is 1.71. The fraction of sp³-hybridized carbons (Fsp3) is 0.714. The Labute approximate surface area is 231 Å². The molecule has 0 aromatic heterocycles. The third-order valence-corrected chi connectivity index (χ3v) is 8.27. The first-order chi connectivity index (χ1) is 18.2. The van der Waals surface area contributed by atoms with Gasteiger partial charge in [-0.15, -0.1) is 0 Å². The van der Waals surface area contributed by atoms with E-state index in [1.807, 2.05) is 7.05 Å². The Bertz CT molecular complexity index is 897. The first kappa shape index (κ1) is 30.4. The molecule has 3 atom stereocenters. The van der Waals surface area contributed by atoms with Crippen molar-refractivity contribution in [3.8, 4) is 0 Å². The number of hydrogen-bond donors (Lipinski definition) is 4. The van der Waals surface area contributed by atoms with Crippen LogP contribution in [0.3, 0.4) is 0 Å². The van der Waals surface area contributed by atoms with Crippen LogP contribution in [0.1, 0.15) is 69.8 Å². The summed E-state index contributed by atoms with van der Waals surface area (Å²) in [7, 11) is 3.19. The molecule has 3 unspecified atom stereocenters. The summed E-state index contributed by atoms with van der Waals surface area (Å²) in [6.45, 7) is 1.94. The molecule has 4 N–H and O–H groups in total. The van der Waals surface area contributed by atoms with Crippen molar-refractivity contribution in [2.75, 3.05) is 40.3 Å². The smallest absolute Gasteiger partial charge is 0.406 e. The Hall–Kier alpha value is -2.10. The molecule has 214 valence electrons. The molecule has 3 rings (SSSR count). The zero-order chi connectivity index (χ0) is 27.5. The Morgan fingerprint density at radius 2 is 1.97 bits per heavy atom. The Morgan fingerprint density at radius 3 is 2.66 bits per heavy atom. The van der Waals surface area contributed by atoms with E-state index in [2.05, 4.69) is 20.7 Å². The van der Waals surface area contributed by atoms with Crippen LogP contribution in [0.15, 0.2) is 18.2 Å². The largest absolute Gasteiger partial charge is 0.453 e. The van der Waals surface area contributed by atoms with Crippen LogP contribution < -0.4 is 16.0 Å². The minimum atomic E-state index is -1.42. The lowest BCUT2D eigenvalue weighted by molar-refractivity contribution is -0.0554. The molecule has 1 aliphatic heterocycles. The number of methoxy groups -OCH3 is 1. The standard InChI is InChI=1S/C28H44ClFN4O4/c1-31-18-25(14-20-8-4-3-5-9-20)33-26(35)34-13-6-10-21(19-34)28(37,11-7-12-32-27(36)38-2)22-15-23(29)17-24(30)16-22/h15-17,20-21,25,31,37H,3-14,18-19H2,1-2H3,(H,32,36)(H,33,35). The average Bonchev–Trinajstić information content (AvgIpc) is 2.91. The average molecular weight is 555 g/mol. The number of alkyl carbamates (subject to hydrolysis) is 1. The summed E-state index contributed by atoms with van der Waals surface area (Å²) in [5, 5.41) is 21.3. The number of likely N-dealkylation sites (tertiary alicyclic amines) is 1. The number of hydrogen-bond acceptors (Lipinski definition) is 5. The van der Waals surface area contributed by atoms with Gasteiger partial charge in [0.25, 0.3) is 0 Å². The van der Waals surface area contributed by atoms with Gasteiger partial charge in [0.15, 0.2) is 0 Å². The number of ether oxygens (including phenoxy) is 1. The molecule has 0 spiro atoms. The van der Waals surface area contributed by atoms with E-state index >= 15 is 0 Å². The summed E-state index contributed by atoms with van der Waals surface area (Å²) in [6.07, 6.45) is 8.78. The molecule has 0 bridgehead atoms. The van der Waals surface area contributed by atoms with E-state index in [0.29, 0.717) is 50.5 Å². The molecule has 38 heavy (non-hydrogen) atoms. The van der Waals surface area contributed by atoms with Crippen LogP contribution in [0.25, 0.3) is 0 Å². The minimum Gasteiger partial charge on any atom is -0.453 e. The van der Waals surface area contributed by atoms with Crippen LogP contribution >= 0.6 is 11.6 Å². The molecular weight excluding hydrogens is 511 g/mol. The minimum absolute atomic E-state index is 0.0429. The van der Waals surface area contributed by atoms with Gasteiger partial charge in [0.2, 0.25) is 0 Å². The van der Waals surface area contributed by atoms with Crippen LogP contribution in [0.5, 0.6) is 0 Å². The van der Waals surface area contributed by atoms with Gasteiger partial charge in [0, 0.05) is 43.2 Å². The summed E-state index contributed by atoms with van der Waals surface area (Å²) in [4.78, 5) is 26.6. The normalized spacial score (nSPS) is 20.9. The van der Waals surface area contributed by atoms with Crippen molar-refractivity contribution in [3.63, 3.8) is 0 Å². The molecule has 2 fully saturated rings. The van der Waals surface area contributed by atoms with Gasteiger partial charge in [-0.2, -0.15) is 0 Å². The predicted molar refractivity (Wildman–Crippen MR) is 147 cm³/mol. The highest BCUT2D eigenvalue weighted by Crippen LogP contribution is 2.40. The van der Waals surface area contributed by atoms with Crippen LogP contribution in [-0.2, 0) is 10.3 Å². The number of amides is 3. The van der Waals surface area contributed by atoms with E-state index in [1.54, 1.807) is 11.0 Å². The van der Waals surface area contributed by atoms with E-state index in [4.69, 9.17) is 11.6 Å². The summed E-state index contributed by atoms with van der Waals surface area (Å²) >= 11 is 6.16. The van der Waals surface area contributed by atoms with Crippen molar-refractivity contribution < 1.29 is 23.8 Å². The highest BCUT2D eigenvalue weighted by molar-refractivity contribution is 6.30. The SMILES string of the molecule is CNCC(CC1CCCCC1)NC(=O)N1CCCC(C(O)(CCCNC(=O)OC)c2cc(F)cc(Cl)c2)C1. The maximum absolute atomic E-state index is 14.3. The van der Waals surface area contributed by atoms with Gasteiger partial charge in [-0.3, -0.25) is 0 Å². The fourth-order valence-corrected chi connectivity index (χ4v) is 6.31. The van der Waals surface area contributed by atoms with Crippen molar-refractivity contribution in [1.29, 1.82) is 0 Å². The van der Waals surface area contributed by atoms with Crippen molar-refractivity contribution in [2.45, 2.75) is 75.9 Å². The van der Waals surface area contributed by atoms with E-state index in [-0.39, 0.29) is 29.4 Å². The second kappa shape index (κ2) is 14.9. The summed E-state index contributed by atoms with van der Waals surface area (Å²) < 4.78 is 18.9. The lowest BCUT2D eigenvalue weighted by Crippen LogP contribution is -2.54. The van der Waals surface area contributed by atoms with Gasteiger partial charge in [0.05, 0.1) is 12.7 Å². The first-order valence-electron chi connectivity index (χ1n) is 14.0. The Morgan fingerprint density at radius 1 is 1.21 bits per heavy atom. The third kappa shape index (κ3) is 8.71. The predicted octanol–water partition coefficient (Wildman–Crippen LogP) is 4.78. The van der Waals surface area contributed by atoms with Crippen LogP contribution in [0, 0.1) is 17.7 Å². The zero-order valence-corrected chi connectivity index (χ0v) is 23.5. The van der Waals surface area contributed by atoms with Crippen molar-refractivity contribution >= 4 is 23.7 Å². The topological polar surface area (TPSA) is 103 Å². The molecule has 1 heterocycles. The van der Waals surface area contributed by atoms with E-state index in [9.17, 15) is 19.1 Å². The second-order valence-electron chi connectivity index (χ2n) is 10.8. The molecule has 3 amide bonds. The van der Waals surface area contributed by atoms with Gasteiger partial charge in [-0.25, -0.2) is 14.0 Å². The number of nitrogens with zero attached hydrogens (tertiary/aromatic N) is 1. The monoisotopic (exact) mass is 554 g/mol. The molecule has 8 nitrogen and oxygen atoms in total. The molecule has 1 saturated carbocycles. The molecule has 1 aromatic rings. The number of halogens is 2. The highest BCUT2D eigenvalue weighted by atomic mass is 35.5. The van der Waals surface area contributed by atoms with Gasteiger partial charge in [-0.1, -0.05) is 43.7 Å². The Kier molecular flexibility index (Phi) is 11.9. The molecule has 1 aromatic carbocycles. The quantitative estimate of drug-likeness (QED) is 0.295. The number of carbonyl (C=O) groups is 2. The van der Waals surface area contributed by atoms with E-state index < -0.39 is 17.5 Å². The number of nitrogens with one attached hydrogen (secondary N) is 3. The molecular formula is C28H44ClFN4O4. The summed E-state index contributed by atoms with van der Waals surface area (Å²) in [5.74, 6) is -0.210. The zero-order valence-electron chi connectivity index (χ0n) is 22.7.